The summed E-state index contributed by atoms with van der Waals surface area (Å²) in [7, 11) is -2.28. The summed E-state index contributed by atoms with van der Waals surface area (Å²) in [6.45, 7) is 16.7. The number of nitrogens with zero attached hydrogens (tertiary/aromatic N) is 2. The van der Waals surface area contributed by atoms with Crippen LogP contribution in [0.4, 0.5) is 5.69 Å². The van der Waals surface area contributed by atoms with Gasteiger partial charge in [-0.1, -0.05) is 24.8 Å². The smallest absolute Gasteiger partial charge is 0.0921 e. The Morgan fingerprint density at radius 3 is 2.83 bits per heavy atom. The molecule has 5 rings (SSSR count). The van der Waals surface area contributed by atoms with Gasteiger partial charge in [-0.25, -0.2) is 4.98 Å². The Hall–Kier alpha value is -3.20. The van der Waals surface area contributed by atoms with Gasteiger partial charge in [0.15, 0.2) is 0 Å². The SMILES string of the molecule is C=CCC1(C2=C(C)c3cc(C)c(-c4cccc(S(=C)(C)=O)c4)cc3NS2)CCCN(CC(=C)NCCc2cnc[nH]2)C1. The second kappa shape index (κ2) is 12.6. The summed E-state index contributed by atoms with van der Waals surface area (Å²) in [5, 5.41) is 3.51. The van der Waals surface area contributed by atoms with Crippen LogP contribution in [0.25, 0.3) is 16.7 Å². The molecule has 0 aliphatic carbocycles. The number of hydrogen-bond donors (Lipinski definition) is 3. The summed E-state index contributed by atoms with van der Waals surface area (Å²) in [6, 6.07) is 12.5. The highest BCUT2D eigenvalue weighted by atomic mass is 32.2. The molecule has 1 saturated heterocycles. The second-order valence-corrected chi connectivity index (χ2v) is 15.1. The van der Waals surface area contributed by atoms with E-state index in [9.17, 15) is 4.21 Å². The lowest BCUT2D eigenvalue weighted by molar-refractivity contribution is 0.132. The summed E-state index contributed by atoms with van der Waals surface area (Å²) in [5.41, 5.74) is 9.31. The minimum absolute atomic E-state index is 0.00598. The Bertz CT molecular complexity index is 1610. The molecule has 3 N–H and O–H groups in total. The second-order valence-electron chi connectivity index (χ2n) is 11.8. The van der Waals surface area contributed by atoms with Crippen molar-refractivity contribution in [1.82, 2.24) is 20.2 Å². The monoisotopic (exact) mass is 601 g/mol. The molecule has 2 aromatic carbocycles. The first kappa shape index (κ1) is 30.3. The van der Waals surface area contributed by atoms with Crippen molar-refractivity contribution < 1.29 is 4.21 Å². The number of aromatic nitrogens is 2. The molecule has 0 radical (unpaired) electrons. The number of rotatable bonds is 11. The van der Waals surface area contributed by atoms with E-state index in [4.69, 9.17) is 0 Å². The third-order valence-corrected chi connectivity index (χ3v) is 10.9. The number of aryl methyl sites for hydroxylation is 1. The molecule has 0 spiro atoms. The summed E-state index contributed by atoms with van der Waals surface area (Å²) in [5.74, 6) is 3.88. The number of H-pyrrole nitrogens is 1. The Labute approximate surface area is 255 Å². The van der Waals surface area contributed by atoms with Crippen molar-refractivity contribution in [2.75, 3.05) is 37.2 Å². The average Bonchev–Trinajstić information content (AvgIpc) is 3.47. The molecule has 3 aromatic rings. The van der Waals surface area contributed by atoms with Gasteiger partial charge in [0.2, 0.25) is 0 Å². The first-order valence-electron chi connectivity index (χ1n) is 14.5. The molecule has 222 valence electrons. The van der Waals surface area contributed by atoms with Crippen LogP contribution in [0.3, 0.4) is 0 Å². The standard InChI is InChI=1S/C34H43N5OS2/c1-7-13-34(14-9-16-39(22-34)21-25(3)36-15-12-28-20-35-23-37-28)33-26(4)31-17-24(2)30(19-32(31)38-41-33)27-10-8-11-29(18-27)42(5,6)40/h7-8,10-11,17-20,23,36,38H,1,3,5,9,12-16,21-22H2,2,4,6H3,(H,35,37). The molecule has 2 aliphatic heterocycles. The van der Waals surface area contributed by atoms with E-state index < -0.39 is 9.52 Å². The van der Waals surface area contributed by atoms with E-state index in [0.29, 0.717) is 0 Å². The fraction of sp³-hybridized carbons (Fsp3) is 0.353. The zero-order valence-electron chi connectivity index (χ0n) is 25.1. The fourth-order valence-electron chi connectivity index (χ4n) is 6.36. The third kappa shape index (κ3) is 6.56. The van der Waals surface area contributed by atoms with E-state index >= 15 is 0 Å². The molecule has 6 nitrogen and oxygen atoms in total. The van der Waals surface area contributed by atoms with Gasteiger partial charge in [0.25, 0.3) is 0 Å². The Kier molecular flexibility index (Phi) is 9.06. The van der Waals surface area contributed by atoms with Gasteiger partial charge in [0.1, 0.15) is 0 Å². The van der Waals surface area contributed by atoms with E-state index in [0.717, 1.165) is 85.0 Å². The first-order valence-corrected chi connectivity index (χ1v) is 17.5. The normalized spacial score (nSPS) is 20.4. The Balaban J connectivity index is 1.37. The van der Waals surface area contributed by atoms with Crippen LogP contribution in [0.2, 0.25) is 0 Å². The number of anilines is 1. The van der Waals surface area contributed by atoms with Crippen molar-refractivity contribution in [3.8, 4) is 11.1 Å². The minimum Gasteiger partial charge on any atom is -0.387 e. The molecule has 2 aliphatic rings. The molecular formula is C34H43N5OS2. The fourth-order valence-corrected chi connectivity index (χ4v) is 8.21. The number of allylic oxidation sites excluding steroid dienone is 2. The van der Waals surface area contributed by atoms with Gasteiger partial charge in [0.05, 0.1) is 12.0 Å². The molecule has 0 bridgehead atoms. The lowest BCUT2D eigenvalue weighted by atomic mass is 9.74. The largest absolute Gasteiger partial charge is 0.387 e. The number of fused-ring (bicyclic) bond motifs is 1. The topological polar surface area (TPSA) is 73.1 Å². The Morgan fingerprint density at radius 1 is 1.26 bits per heavy atom. The number of piperidine rings is 1. The maximum atomic E-state index is 12.6. The zero-order valence-corrected chi connectivity index (χ0v) is 26.7. The summed E-state index contributed by atoms with van der Waals surface area (Å²) < 4.78 is 16.3. The predicted molar refractivity (Wildman–Crippen MR) is 182 cm³/mol. The molecule has 2 unspecified atom stereocenters. The van der Waals surface area contributed by atoms with Gasteiger partial charge in [-0.05, 0) is 114 Å². The van der Waals surface area contributed by atoms with Crippen molar-refractivity contribution in [3.05, 3.63) is 95.6 Å². The number of imidazole rings is 1. The highest BCUT2D eigenvalue weighted by molar-refractivity contribution is 8.04. The first-order chi connectivity index (χ1) is 20.1. The summed E-state index contributed by atoms with van der Waals surface area (Å²) in [4.78, 5) is 12.0. The lowest BCUT2D eigenvalue weighted by Crippen LogP contribution is -2.46. The van der Waals surface area contributed by atoms with Crippen molar-refractivity contribution >= 4 is 38.6 Å². The molecule has 1 fully saturated rings. The molecule has 8 heteroatoms. The molecule has 0 saturated carbocycles. The zero-order chi connectivity index (χ0) is 29.9. The molecular weight excluding hydrogens is 559 g/mol. The maximum absolute atomic E-state index is 12.6. The third-order valence-electron chi connectivity index (χ3n) is 8.43. The van der Waals surface area contributed by atoms with Crippen LogP contribution < -0.4 is 10.0 Å². The number of hydrogen-bond acceptors (Lipinski definition) is 6. The number of benzene rings is 2. The minimum atomic E-state index is -2.28. The van der Waals surface area contributed by atoms with Gasteiger partial charge in [-0.2, -0.15) is 0 Å². The highest BCUT2D eigenvalue weighted by Crippen LogP contribution is 2.52. The van der Waals surface area contributed by atoms with E-state index in [2.05, 4.69) is 82.1 Å². The van der Waals surface area contributed by atoms with Gasteiger partial charge < -0.3 is 15.0 Å². The Morgan fingerprint density at radius 2 is 2.10 bits per heavy atom. The quantitative estimate of drug-likeness (QED) is 0.126. The molecule has 42 heavy (non-hydrogen) atoms. The van der Waals surface area contributed by atoms with E-state index in [1.807, 2.05) is 24.4 Å². The van der Waals surface area contributed by atoms with Gasteiger partial charge in [-0.3, -0.25) is 9.11 Å². The van der Waals surface area contributed by atoms with Crippen LogP contribution in [0.1, 0.15) is 43.0 Å². The van der Waals surface area contributed by atoms with Crippen LogP contribution in [-0.4, -0.2) is 57.4 Å². The van der Waals surface area contributed by atoms with Gasteiger partial charge in [0, 0.05) is 70.7 Å². The summed E-state index contributed by atoms with van der Waals surface area (Å²) >= 11 is 1.76. The van der Waals surface area contributed by atoms with Crippen molar-refractivity contribution in [2.24, 2.45) is 5.41 Å². The maximum Gasteiger partial charge on any atom is 0.0921 e. The average molecular weight is 602 g/mol. The van der Waals surface area contributed by atoms with Crippen LogP contribution in [0, 0.1) is 12.3 Å². The molecule has 0 amide bonds. The van der Waals surface area contributed by atoms with Crippen LogP contribution >= 0.6 is 11.9 Å². The molecule has 1 aromatic heterocycles. The van der Waals surface area contributed by atoms with Crippen molar-refractivity contribution in [2.45, 2.75) is 44.4 Å². The molecule has 3 heterocycles. The lowest BCUT2D eigenvalue weighted by Gasteiger charge is -2.45. The number of aromatic amines is 1. The summed E-state index contributed by atoms with van der Waals surface area (Å²) in [6.07, 6.45) is 11.5. The van der Waals surface area contributed by atoms with Crippen LogP contribution in [0.15, 0.2) is 83.7 Å². The van der Waals surface area contributed by atoms with E-state index in [1.165, 1.54) is 21.6 Å². The van der Waals surface area contributed by atoms with Gasteiger partial charge in [-0.15, -0.1) is 6.58 Å². The van der Waals surface area contributed by atoms with Crippen LogP contribution in [0.5, 0.6) is 0 Å². The van der Waals surface area contributed by atoms with E-state index in [-0.39, 0.29) is 5.41 Å². The van der Waals surface area contributed by atoms with Crippen molar-refractivity contribution in [3.63, 3.8) is 0 Å². The van der Waals surface area contributed by atoms with Gasteiger partial charge >= 0.3 is 0 Å². The highest BCUT2D eigenvalue weighted by Gasteiger charge is 2.41. The number of likely N-dealkylation sites (tertiary alicyclic amines) is 1. The van der Waals surface area contributed by atoms with E-state index in [1.54, 1.807) is 24.5 Å². The predicted octanol–water partition coefficient (Wildman–Crippen LogP) is 6.90. The van der Waals surface area contributed by atoms with Crippen LogP contribution in [-0.2, 0) is 15.9 Å². The number of nitrogens with one attached hydrogen (secondary N) is 3. The van der Waals surface area contributed by atoms with Crippen molar-refractivity contribution in [1.29, 1.82) is 0 Å². The molecule has 2 atom stereocenters.